The Balaban J connectivity index is 0.00000155. The van der Waals surface area contributed by atoms with E-state index in [1.807, 2.05) is 18.2 Å². The quantitative estimate of drug-likeness (QED) is 0.650. The molecule has 1 N–H and O–H groups in total. The van der Waals surface area contributed by atoms with Crippen molar-refractivity contribution in [2.75, 3.05) is 31.2 Å². The van der Waals surface area contributed by atoms with Crippen molar-refractivity contribution in [2.24, 2.45) is 0 Å². The Labute approximate surface area is 187 Å². The van der Waals surface area contributed by atoms with Crippen molar-refractivity contribution in [3.63, 3.8) is 0 Å². The largest absolute Gasteiger partial charge is 0.325 e. The van der Waals surface area contributed by atoms with E-state index in [1.54, 1.807) is 31.1 Å². The molecule has 0 unspecified atom stereocenters. The van der Waals surface area contributed by atoms with Gasteiger partial charge in [-0.25, -0.2) is 17.5 Å². The van der Waals surface area contributed by atoms with E-state index >= 15 is 0 Å². The van der Waals surface area contributed by atoms with Gasteiger partial charge in [-0.2, -0.15) is 0 Å². The van der Waals surface area contributed by atoms with Gasteiger partial charge in [-0.3, -0.25) is 4.98 Å². The summed E-state index contributed by atoms with van der Waals surface area (Å²) in [5.74, 6) is 0.106. The number of sulfonamides is 1. The molecule has 0 saturated carbocycles. The minimum Gasteiger partial charge on any atom is -0.325 e. The van der Waals surface area contributed by atoms with Crippen LogP contribution in [0.3, 0.4) is 0 Å². The SMILES string of the molecule is C=C.CCS(=O)(=O)N1CCC(N(C)C(=O)Nc2ccc(-c3ccc(Cl)s3)nc2)CC1. The van der Waals surface area contributed by atoms with E-state index in [9.17, 15) is 13.2 Å². The molecule has 30 heavy (non-hydrogen) atoms. The molecule has 2 aromatic rings. The minimum atomic E-state index is -3.17. The number of aromatic nitrogens is 1. The van der Waals surface area contributed by atoms with E-state index < -0.39 is 10.0 Å². The second-order valence-corrected chi connectivity index (χ2v) is 10.6. The third kappa shape index (κ3) is 6.04. The van der Waals surface area contributed by atoms with Crippen molar-refractivity contribution in [1.82, 2.24) is 14.2 Å². The molecule has 0 atom stereocenters. The maximum Gasteiger partial charge on any atom is 0.321 e. The maximum atomic E-state index is 12.5. The average Bonchev–Trinajstić information content (AvgIpc) is 3.21. The molecule has 0 spiro atoms. The number of nitrogens with zero attached hydrogens (tertiary/aromatic N) is 3. The fraction of sp³-hybridized carbons (Fsp3) is 0.400. The number of urea groups is 1. The minimum absolute atomic E-state index is 0.00352. The topological polar surface area (TPSA) is 82.6 Å². The number of carbonyl (C=O) groups excluding carboxylic acids is 1. The van der Waals surface area contributed by atoms with E-state index in [4.69, 9.17) is 11.6 Å². The molecule has 2 aromatic heterocycles. The molecule has 7 nitrogen and oxygen atoms in total. The van der Waals surface area contributed by atoms with Crippen LogP contribution >= 0.6 is 22.9 Å². The van der Waals surface area contributed by atoms with Gasteiger partial charge in [0.05, 0.1) is 32.5 Å². The Bertz CT molecular complexity index is 939. The van der Waals surface area contributed by atoms with Crippen LogP contribution in [0.2, 0.25) is 4.34 Å². The van der Waals surface area contributed by atoms with E-state index in [2.05, 4.69) is 23.5 Å². The molecule has 10 heteroatoms. The van der Waals surface area contributed by atoms with Gasteiger partial charge in [0.25, 0.3) is 0 Å². The van der Waals surface area contributed by atoms with Crippen molar-refractivity contribution < 1.29 is 13.2 Å². The van der Waals surface area contributed by atoms with Crippen LogP contribution in [0.5, 0.6) is 0 Å². The summed E-state index contributed by atoms with van der Waals surface area (Å²) in [6, 6.07) is 7.15. The number of thiophene rings is 1. The molecule has 0 bridgehead atoms. The number of carbonyl (C=O) groups is 1. The van der Waals surface area contributed by atoms with E-state index in [0.29, 0.717) is 36.0 Å². The maximum absolute atomic E-state index is 12.5. The van der Waals surface area contributed by atoms with Gasteiger partial charge in [-0.15, -0.1) is 24.5 Å². The van der Waals surface area contributed by atoms with Crippen molar-refractivity contribution >= 4 is 44.7 Å². The summed E-state index contributed by atoms with van der Waals surface area (Å²) >= 11 is 7.40. The summed E-state index contributed by atoms with van der Waals surface area (Å²) in [7, 11) is -1.43. The van der Waals surface area contributed by atoms with Crippen LogP contribution in [-0.2, 0) is 10.0 Å². The van der Waals surface area contributed by atoms with E-state index in [0.717, 1.165) is 10.6 Å². The zero-order chi connectivity index (χ0) is 22.3. The van der Waals surface area contributed by atoms with Gasteiger partial charge in [0.2, 0.25) is 10.0 Å². The molecule has 1 aliphatic rings. The van der Waals surface area contributed by atoms with Crippen LogP contribution < -0.4 is 5.32 Å². The number of hydrogen-bond donors (Lipinski definition) is 1. The summed E-state index contributed by atoms with van der Waals surface area (Å²) in [6.45, 7) is 8.53. The van der Waals surface area contributed by atoms with Gasteiger partial charge in [-0.1, -0.05) is 11.6 Å². The van der Waals surface area contributed by atoms with Crippen LogP contribution in [0.1, 0.15) is 19.8 Å². The van der Waals surface area contributed by atoms with Gasteiger partial charge in [0.1, 0.15) is 0 Å². The van der Waals surface area contributed by atoms with Crippen molar-refractivity contribution in [2.45, 2.75) is 25.8 Å². The van der Waals surface area contributed by atoms with Gasteiger partial charge >= 0.3 is 6.03 Å². The fourth-order valence-corrected chi connectivity index (χ4v) is 5.29. The second kappa shape index (κ2) is 10.9. The highest BCUT2D eigenvalue weighted by Crippen LogP contribution is 2.30. The third-order valence-electron chi connectivity index (χ3n) is 4.89. The lowest BCUT2D eigenvalue weighted by Crippen LogP contribution is -2.48. The van der Waals surface area contributed by atoms with Gasteiger partial charge in [-0.05, 0) is 44.0 Å². The van der Waals surface area contributed by atoms with Crippen molar-refractivity contribution in [1.29, 1.82) is 0 Å². The monoisotopic (exact) mass is 470 g/mol. The Kier molecular flexibility index (Phi) is 8.84. The predicted molar refractivity (Wildman–Crippen MR) is 125 cm³/mol. The number of piperidine rings is 1. The second-order valence-electron chi connectivity index (χ2n) is 6.61. The predicted octanol–water partition coefficient (Wildman–Crippen LogP) is 4.54. The number of halogens is 1. The average molecular weight is 471 g/mol. The molecule has 1 fully saturated rings. The highest BCUT2D eigenvalue weighted by molar-refractivity contribution is 7.89. The molecule has 1 saturated heterocycles. The smallest absolute Gasteiger partial charge is 0.321 e. The fourth-order valence-electron chi connectivity index (χ4n) is 3.13. The molecule has 3 rings (SSSR count). The molecular formula is C20H27ClN4O3S2. The van der Waals surface area contributed by atoms with Crippen molar-refractivity contribution in [3.05, 3.63) is 48.0 Å². The Morgan fingerprint density at radius 2 is 1.97 bits per heavy atom. The molecular weight excluding hydrogens is 444 g/mol. The molecule has 164 valence electrons. The van der Waals surface area contributed by atoms with Gasteiger partial charge in [0, 0.05) is 26.2 Å². The number of hydrogen-bond acceptors (Lipinski definition) is 5. The lowest BCUT2D eigenvalue weighted by Gasteiger charge is -2.35. The van der Waals surface area contributed by atoms with Gasteiger partial charge < -0.3 is 10.2 Å². The highest BCUT2D eigenvalue weighted by atomic mass is 35.5. The summed E-state index contributed by atoms with van der Waals surface area (Å²) in [4.78, 5) is 19.5. The molecule has 1 aliphatic heterocycles. The zero-order valence-corrected chi connectivity index (χ0v) is 19.6. The first-order chi connectivity index (χ1) is 14.3. The summed E-state index contributed by atoms with van der Waals surface area (Å²) in [5, 5.41) is 2.85. The molecule has 3 heterocycles. The van der Waals surface area contributed by atoms with Crippen LogP contribution in [0.25, 0.3) is 10.6 Å². The number of rotatable bonds is 5. The van der Waals surface area contributed by atoms with Crippen LogP contribution in [0.15, 0.2) is 43.6 Å². The number of anilines is 1. The lowest BCUT2D eigenvalue weighted by atomic mass is 10.1. The molecule has 0 aliphatic carbocycles. The standard InChI is InChI=1S/C18H23ClN4O3S2.C2H4/c1-3-28(25,26)23-10-8-14(9-11-23)22(2)18(24)21-13-4-5-15(20-12-13)16-6-7-17(19)27-16;1-2/h4-7,12,14H,3,8-11H2,1-2H3,(H,21,24);1-2H2. The van der Waals surface area contributed by atoms with Crippen LogP contribution in [0, 0.1) is 0 Å². The molecule has 0 aromatic carbocycles. The molecule has 2 amide bonds. The first-order valence-electron chi connectivity index (χ1n) is 9.53. The first-order valence-corrected chi connectivity index (χ1v) is 12.3. The Hall–Kier alpha value is -1.94. The normalized spacial score (nSPS) is 15.2. The summed E-state index contributed by atoms with van der Waals surface area (Å²) < 4.78 is 26.1. The van der Waals surface area contributed by atoms with Crippen LogP contribution in [0.4, 0.5) is 10.5 Å². The summed E-state index contributed by atoms with van der Waals surface area (Å²) in [5.41, 5.74) is 1.40. The zero-order valence-electron chi connectivity index (χ0n) is 17.2. The van der Waals surface area contributed by atoms with Crippen LogP contribution in [-0.4, -0.2) is 60.6 Å². The van der Waals surface area contributed by atoms with Gasteiger partial charge in [0.15, 0.2) is 0 Å². The Morgan fingerprint density at radius 1 is 1.30 bits per heavy atom. The Morgan fingerprint density at radius 3 is 2.47 bits per heavy atom. The van der Waals surface area contributed by atoms with Crippen molar-refractivity contribution in [3.8, 4) is 10.6 Å². The first kappa shape index (κ1) is 24.3. The number of amides is 2. The summed E-state index contributed by atoms with van der Waals surface area (Å²) in [6.07, 6.45) is 2.87. The molecule has 0 radical (unpaired) electrons. The van der Waals surface area contributed by atoms with E-state index in [1.165, 1.54) is 15.6 Å². The highest BCUT2D eigenvalue weighted by Gasteiger charge is 2.30. The van der Waals surface area contributed by atoms with E-state index in [-0.39, 0.29) is 17.8 Å². The number of nitrogens with one attached hydrogen (secondary N) is 1. The number of pyridine rings is 1. The lowest BCUT2D eigenvalue weighted by molar-refractivity contribution is 0.174. The third-order valence-corrected chi connectivity index (χ3v) is 8.03.